The van der Waals surface area contributed by atoms with Crippen LogP contribution >= 0.6 is 0 Å². The lowest BCUT2D eigenvalue weighted by Gasteiger charge is -2.14. The Kier molecular flexibility index (Phi) is 2.78. The van der Waals surface area contributed by atoms with Crippen molar-refractivity contribution in [3.8, 4) is 0 Å². The molecular formula is C11H18N2O2. The predicted octanol–water partition coefficient (Wildman–Crippen LogP) is 0.522. The Bertz CT molecular complexity index is 290. The molecule has 0 bridgehead atoms. The van der Waals surface area contributed by atoms with Crippen LogP contribution in [-0.2, 0) is 9.59 Å². The molecule has 0 aromatic carbocycles. The second-order valence-electron chi connectivity index (χ2n) is 4.63. The number of carbonyl (C=O) groups excluding carboxylic acids is 2. The van der Waals surface area contributed by atoms with Gasteiger partial charge in [-0.15, -0.1) is 0 Å². The summed E-state index contributed by atoms with van der Waals surface area (Å²) in [6, 6.07) is 0.201. The van der Waals surface area contributed by atoms with Crippen molar-refractivity contribution in [2.24, 2.45) is 5.92 Å². The van der Waals surface area contributed by atoms with Crippen LogP contribution in [0.25, 0.3) is 0 Å². The Morgan fingerprint density at radius 2 is 2.13 bits per heavy atom. The highest BCUT2D eigenvalue weighted by Gasteiger charge is 2.42. The number of nitrogens with one attached hydrogen (secondary N) is 1. The molecule has 1 aliphatic heterocycles. The van der Waals surface area contributed by atoms with Crippen molar-refractivity contribution in [1.82, 2.24) is 10.2 Å². The SMILES string of the molecule is CCCN1C(=O)CC(NC2CC2C)C1=O. The second kappa shape index (κ2) is 3.93. The molecule has 4 nitrogen and oxygen atoms in total. The van der Waals surface area contributed by atoms with Crippen molar-refractivity contribution < 1.29 is 9.59 Å². The topological polar surface area (TPSA) is 49.4 Å². The number of hydrogen-bond acceptors (Lipinski definition) is 3. The maximum absolute atomic E-state index is 11.8. The van der Waals surface area contributed by atoms with E-state index >= 15 is 0 Å². The molecule has 2 aliphatic rings. The molecule has 0 radical (unpaired) electrons. The standard InChI is InChI=1S/C11H18N2O2/c1-3-4-13-10(14)6-9(11(13)15)12-8-5-7(8)2/h7-9,12H,3-6H2,1-2H3. The first kappa shape index (κ1) is 10.6. The van der Waals surface area contributed by atoms with Gasteiger partial charge in [0.05, 0.1) is 12.5 Å². The van der Waals surface area contributed by atoms with E-state index in [1.165, 1.54) is 4.90 Å². The molecule has 3 atom stereocenters. The summed E-state index contributed by atoms with van der Waals surface area (Å²) in [5, 5.41) is 3.26. The first-order valence-electron chi connectivity index (χ1n) is 5.73. The fourth-order valence-electron chi connectivity index (χ4n) is 2.08. The third kappa shape index (κ3) is 2.04. The summed E-state index contributed by atoms with van der Waals surface area (Å²) in [5.74, 6) is 0.613. The minimum atomic E-state index is -0.251. The molecule has 3 unspecified atom stereocenters. The molecule has 1 saturated carbocycles. The maximum Gasteiger partial charge on any atom is 0.246 e. The van der Waals surface area contributed by atoms with Gasteiger partial charge in [0.15, 0.2) is 0 Å². The van der Waals surface area contributed by atoms with Crippen LogP contribution in [0.5, 0.6) is 0 Å². The molecule has 1 saturated heterocycles. The molecule has 4 heteroatoms. The molecule has 2 fully saturated rings. The van der Waals surface area contributed by atoms with Crippen molar-refractivity contribution in [2.75, 3.05) is 6.54 Å². The van der Waals surface area contributed by atoms with Gasteiger partial charge in [-0.05, 0) is 18.8 Å². The lowest BCUT2D eigenvalue weighted by molar-refractivity contribution is -0.138. The molecule has 15 heavy (non-hydrogen) atoms. The highest BCUT2D eigenvalue weighted by atomic mass is 16.2. The quantitative estimate of drug-likeness (QED) is 0.688. The Balaban J connectivity index is 1.92. The molecule has 0 spiro atoms. The monoisotopic (exact) mass is 210 g/mol. The van der Waals surface area contributed by atoms with Gasteiger partial charge in [0, 0.05) is 12.6 Å². The van der Waals surface area contributed by atoms with Gasteiger partial charge in [-0.1, -0.05) is 13.8 Å². The second-order valence-corrected chi connectivity index (χ2v) is 4.63. The summed E-state index contributed by atoms with van der Waals surface area (Å²) in [5.41, 5.74) is 0. The van der Waals surface area contributed by atoms with Crippen LogP contribution in [0.4, 0.5) is 0 Å². The lowest BCUT2D eigenvalue weighted by atomic mass is 10.2. The average molecular weight is 210 g/mol. The van der Waals surface area contributed by atoms with Gasteiger partial charge >= 0.3 is 0 Å². The van der Waals surface area contributed by atoms with E-state index in [0.29, 0.717) is 24.9 Å². The predicted molar refractivity (Wildman–Crippen MR) is 56.1 cm³/mol. The molecular weight excluding hydrogens is 192 g/mol. The molecule has 1 N–H and O–H groups in total. The highest BCUT2D eigenvalue weighted by molar-refractivity contribution is 6.05. The van der Waals surface area contributed by atoms with E-state index in [-0.39, 0.29) is 17.9 Å². The molecule has 0 aromatic rings. The van der Waals surface area contributed by atoms with Crippen molar-refractivity contribution in [3.05, 3.63) is 0 Å². The van der Waals surface area contributed by atoms with Crippen molar-refractivity contribution in [2.45, 2.75) is 45.2 Å². The molecule has 1 heterocycles. The Morgan fingerprint density at radius 1 is 1.47 bits per heavy atom. The number of amides is 2. The average Bonchev–Trinajstić information content (AvgIpc) is 2.81. The number of hydrogen-bond donors (Lipinski definition) is 1. The third-order valence-electron chi connectivity index (χ3n) is 3.22. The molecule has 0 aromatic heterocycles. The van der Waals surface area contributed by atoms with Crippen LogP contribution in [0, 0.1) is 5.92 Å². The van der Waals surface area contributed by atoms with Gasteiger partial charge in [0.25, 0.3) is 0 Å². The van der Waals surface area contributed by atoms with Crippen LogP contribution in [0.3, 0.4) is 0 Å². The van der Waals surface area contributed by atoms with E-state index < -0.39 is 0 Å². The summed E-state index contributed by atoms with van der Waals surface area (Å²) in [4.78, 5) is 24.7. The van der Waals surface area contributed by atoms with Gasteiger partial charge < -0.3 is 5.32 Å². The van der Waals surface area contributed by atoms with E-state index in [0.717, 1.165) is 12.8 Å². The Morgan fingerprint density at radius 3 is 2.67 bits per heavy atom. The number of rotatable bonds is 4. The van der Waals surface area contributed by atoms with Crippen molar-refractivity contribution in [1.29, 1.82) is 0 Å². The van der Waals surface area contributed by atoms with Crippen molar-refractivity contribution in [3.63, 3.8) is 0 Å². The summed E-state index contributed by atoms with van der Waals surface area (Å²) < 4.78 is 0. The van der Waals surface area contributed by atoms with Crippen LogP contribution < -0.4 is 5.32 Å². The van der Waals surface area contributed by atoms with Gasteiger partial charge in [0.2, 0.25) is 11.8 Å². The summed E-state index contributed by atoms with van der Waals surface area (Å²) in [7, 11) is 0. The zero-order chi connectivity index (χ0) is 11.0. The molecule has 1 aliphatic carbocycles. The number of carbonyl (C=O) groups is 2. The molecule has 2 amide bonds. The van der Waals surface area contributed by atoms with Crippen LogP contribution in [0.2, 0.25) is 0 Å². The van der Waals surface area contributed by atoms with Gasteiger partial charge in [-0.2, -0.15) is 0 Å². The van der Waals surface area contributed by atoms with E-state index in [1.54, 1.807) is 0 Å². The van der Waals surface area contributed by atoms with Gasteiger partial charge in [-0.25, -0.2) is 0 Å². The summed E-state index contributed by atoms with van der Waals surface area (Å²) >= 11 is 0. The van der Waals surface area contributed by atoms with E-state index in [2.05, 4.69) is 12.2 Å². The van der Waals surface area contributed by atoms with Crippen LogP contribution in [0.15, 0.2) is 0 Å². The summed E-state index contributed by atoms with van der Waals surface area (Å²) in [6.45, 7) is 4.70. The Labute approximate surface area is 90.0 Å². The lowest BCUT2D eigenvalue weighted by Crippen LogP contribution is -2.40. The van der Waals surface area contributed by atoms with Gasteiger partial charge in [0.1, 0.15) is 0 Å². The maximum atomic E-state index is 11.8. The number of nitrogens with zero attached hydrogens (tertiary/aromatic N) is 1. The minimum Gasteiger partial charge on any atom is -0.302 e. The number of likely N-dealkylation sites (tertiary alicyclic amines) is 1. The van der Waals surface area contributed by atoms with Crippen molar-refractivity contribution >= 4 is 11.8 Å². The van der Waals surface area contributed by atoms with E-state index in [1.807, 2.05) is 6.92 Å². The largest absolute Gasteiger partial charge is 0.302 e. The normalized spacial score (nSPS) is 35.1. The fraction of sp³-hybridized carbons (Fsp3) is 0.818. The minimum absolute atomic E-state index is 0.0207. The third-order valence-corrected chi connectivity index (χ3v) is 3.22. The summed E-state index contributed by atoms with van der Waals surface area (Å²) in [6.07, 6.45) is 2.32. The van der Waals surface area contributed by atoms with Crippen LogP contribution in [-0.4, -0.2) is 35.3 Å². The number of imide groups is 1. The van der Waals surface area contributed by atoms with E-state index in [4.69, 9.17) is 0 Å². The van der Waals surface area contributed by atoms with E-state index in [9.17, 15) is 9.59 Å². The zero-order valence-electron chi connectivity index (χ0n) is 9.32. The first-order chi connectivity index (χ1) is 7.13. The zero-order valence-corrected chi connectivity index (χ0v) is 9.32. The first-order valence-corrected chi connectivity index (χ1v) is 5.73. The smallest absolute Gasteiger partial charge is 0.246 e. The highest BCUT2D eigenvalue weighted by Crippen LogP contribution is 2.30. The van der Waals surface area contributed by atoms with Gasteiger partial charge in [-0.3, -0.25) is 14.5 Å². The molecule has 2 rings (SSSR count). The van der Waals surface area contributed by atoms with Crippen LogP contribution in [0.1, 0.15) is 33.1 Å². The molecule has 84 valence electrons. The Hall–Kier alpha value is -0.900. The fourth-order valence-corrected chi connectivity index (χ4v) is 2.08.